The highest BCUT2D eigenvalue weighted by Crippen LogP contribution is 2.35. The Labute approximate surface area is 181 Å². The second-order valence-electron chi connectivity index (χ2n) is 6.25. The number of hydrogen-bond acceptors (Lipinski definition) is 4. The Morgan fingerprint density at radius 3 is 2.46 bits per heavy atom. The van der Waals surface area contributed by atoms with Crippen LogP contribution in [0.3, 0.4) is 0 Å². The molecule has 0 bridgehead atoms. The van der Waals surface area contributed by atoms with E-state index in [0.29, 0.717) is 30.8 Å². The summed E-state index contributed by atoms with van der Waals surface area (Å²) in [6.45, 7) is 3.87. The minimum absolute atomic E-state index is 0.181. The van der Waals surface area contributed by atoms with Crippen molar-refractivity contribution in [1.29, 1.82) is 0 Å². The van der Waals surface area contributed by atoms with Gasteiger partial charge in [0.25, 0.3) is 5.91 Å². The lowest BCUT2D eigenvalue weighted by molar-refractivity contribution is -0.114. The number of carbonyl (C=O) groups excluding carboxylic acids is 1. The first kappa shape index (κ1) is 19.3. The van der Waals surface area contributed by atoms with E-state index in [2.05, 4.69) is 0 Å². The number of rotatable bonds is 3. The average Bonchev–Trinajstić information content (AvgIpc) is 3.29. The van der Waals surface area contributed by atoms with E-state index in [1.165, 1.54) is 16.8 Å². The fraction of sp³-hybridized carbons (Fsp3) is 0.100. The SMILES string of the molecule is Cc1ccc(C)n1N1C(=O)/C(=C\c2ccc(-c3ccc(Cl)cc3Cl)o2)SC1=S. The van der Waals surface area contributed by atoms with E-state index >= 15 is 0 Å². The van der Waals surface area contributed by atoms with E-state index in [1.807, 2.05) is 36.7 Å². The van der Waals surface area contributed by atoms with E-state index in [1.54, 1.807) is 30.3 Å². The number of amides is 1. The van der Waals surface area contributed by atoms with Crippen LogP contribution in [0, 0.1) is 13.8 Å². The molecule has 1 aliphatic heterocycles. The van der Waals surface area contributed by atoms with E-state index in [0.717, 1.165) is 17.0 Å². The number of hydrogen-bond donors (Lipinski definition) is 0. The van der Waals surface area contributed by atoms with Crippen LogP contribution in [0.4, 0.5) is 0 Å². The summed E-state index contributed by atoms with van der Waals surface area (Å²) in [7, 11) is 0. The molecule has 0 radical (unpaired) electrons. The Kier molecular flexibility index (Phi) is 5.14. The maximum atomic E-state index is 12.9. The lowest BCUT2D eigenvalue weighted by atomic mass is 10.2. The third-order valence-corrected chi connectivity index (χ3v) is 6.13. The highest BCUT2D eigenvalue weighted by atomic mass is 35.5. The van der Waals surface area contributed by atoms with Gasteiger partial charge in [0.05, 0.1) is 9.93 Å². The highest BCUT2D eigenvalue weighted by molar-refractivity contribution is 8.27. The fourth-order valence-electron chi connectivity index (χ4n) is 3.00. The van der Waals surface area contributed by atoms with Gasteiger partial charge in [-0.2, -0.15) is 5.01 Å². The zero-order valence-corrected chi connectivity index (χ0v) is 18.0. The van der Waals surface area contributed by atoms with Gasteiger partial charge in [0.15, 0.2) is 4.32 Å². The molecule has 142 valence electrons. The predicted molar refractivity (Wildman–Crippen MR) is 119 cm³/mol. The van der Waals surface area contributed by atoms with Crippen LogP contribution in [-0.4, -0.2) is 14.9 Å². The van der Waals surface area contributed by atoms with Gasteiger partial charge in [0.2, 0.25) is 0 Å². The number of thioether (sulfide) groups is 1. The van der Waals surface area contributed by atoms with Gasteiger partial charge in [-0.05, 0) is 68.5 Å². The molecule has 0 saturated carbocycles. The molecule has 0 unspecified atom stereocenters. The minimum Gasteiger partial charge on any atom is -0.457 e. The molecule has 2 aromatic heterocycles. The van der Waals surface area contributed by atoms with Crippen molar-refractivity contribution in [2.45, 2.75) is 13.8 Å². The maximum Gasteiger partial charge on any atom is 0.285 e. The first-order valence-electron chi connectivity index (χ1n) is 8.33. The van der Waals surface area contributed by atoms with E-state index in [9.17, 15) is 4.79 Å². The minimum atomic E-state index is -0.181. The van der Waals surface area contributed by atoms with Gasteiger partial charge < -0.3 is 4.42 Å². The zero-order valence-electron chi connectivity index (χ0n) is 14.9. The maximum absolute atomic E-state index is 12.9. The molecule has 4 nitrogen and oxygen atoms in total. The number of furan rings is 1. The molecule has 1 saturated heterocycles. The van der Waals surface area contributed by atoms with Crippen molar-refractivity contribution in [3.8, 4) is 11.3 Å². The van der Waals surface area contributed by atoms with Crippen molar-refractivity contribution in [1.82, 2.24) is 4.68 Å². The molecule has 0 atom stereocenters. The summed E-state index contributed by atoms with van der Waals surface area (Å²) in [6, 6.07) is 12.7. The molecule has 1 aliphatic rings. The van der Waals surface area contributed by atoms with Crippen molar-refractivity contribution in [3.63, 3.8) is 0 Å². The van der Waals surface area contributed by atoms with Crippen molar-refractivity contribution in [2.75, 3.05) is 5.01 Å². The number of aromatic nitrogens is 1. The van der Waals surface area contributed by atoms with E-state index in [-0.39, 0.29) is 5.91 Å². The second-order valence-corrected chi connectivity index (χ2v) is 8.77. The lowest BCUT2D eigenvalue weighted by Crippen LogP contribution is -2.39. The largest absolute Gasteiger partial charge is 0.457 e. The predicted octanol–water partition coefficient (Wildman–Crippen LogP) is 6.21. The Hall–Kier alpha value is -1.99. The Balaban J connectivity index is 1.65. The Morgan fingerprint density at radius 1 is 1.07 bits per heavy atom. The molecule has 3 aromatic rings. The monoisotopic (exact) mass is 448 g/mol. The molecule has 8 heteroatoms. The first-order chi connectivity index (χ1) is 13.3. The molecule has 4 rings (SSSR count). The van der Waals surface area contributed by atoms with Crippen LogP contribution in [0.1, 0.15) is 17.1 Å². The summed E-state index contributed by atoms with van der Waals surface area (Å²) in [5, 5.41) is 2.56. The molecule has 0 N–H and O–H groups in total. The number of carbonyl (C=O) groups is 1. The van der Waals surface area contributed by atoms with Gasteiger partial charge in [-0.1, -0.05) is 35.0 Å². The van der Waals surface area contributed by atoms with Crippen LogP contribution in [0.2, 0.25) is 10.0 Å². The quantitative estimate of drug-likeness (QED) is 0.352. The van der Waals surface area contributed by atoms with Gasteiger partial charge in [0, 0.05) is 28.0 Å². The number of halogens is 2. The van der Waals surface area contributed by atoms with Crippen molar-refractivity contribution < 1.29 is 9.21 Å². The van der Waals surface area contributed by atoms with Crippen LogP contribution in [-0.2, 0) is 4.79 Å². The number of aryl methyl sites for hydroxylation is 2. The summed E-state index contributed by atoms with van der Waals surface area (Å²) in [5.41, 5.74) is 2.61. The fourth-order valence-corrected chi connectivity index (χ4v) is 4.73. The number of benzene rings is 1. The summed E-state index contributed by atoms with van der Waals surface area (Å²) in [6.07, 6.45) is 1.70. The topological polar surface area (TPSA) is 38.4 Å². The summed E-state index contributed by atoms with van der Waals surface area (Å²) < 4.78 is 8.17. The Morgan fingerprint density at radius 2 is 1.79 bits per heavy atom. The van der Waals surface area contributed by atoms with Crippen molar-refractivity contribution >= 4 is 63.5 Å². The van der Waals surface area contributed by atoms with Crippen LogP contribution in [0.5, 0.6) is 0 Å². The first-order valence-corrected chi connectivity index (χ1v) is 10.3. The normalized spacial score (nSPS) is 15.9. The van der Waals surface area contributed by atoms with Gasteiger partial charge in [-0.3, -0.25) is 9.47 Å². The third-order valence-electron chi connectivity index (χ3n) is 4.30. The molecule has 3 heterocycles. The van der Waals surface area contributed by atoms with Crippen LogP contribution < -0.4 is 5.01 Å². The van der Waals surface area contributed by atoms with Gasteiger partial charge in [-0.25, -0.2) is 0 Å². The van der Waals surface area contributed by atoms with Crippen molar-refractivity contribution in [2.24, 2.45) is 0 Å². The van der Waals surface area contributed by atoms with E-state index < -0.39 is 0 Å². The number of thiocarbonyl (C=S) groups is 1. The second kappa shape index (κ2) is 7.44. The molecule has 1 aromatic carbocycles. The summed E-state index contributed by atoms with van der Waals surface area (Å²) >= 11 is 18.9. The third kappa shape index (κ3) is 3.42. The van der Waals surface area contributed by atoms with Gasteiger partial charge >= 0.3 is 0 Å². The van der Waals surface area contributed by atoms with Crippen molar-refractivity contribution in [3.05, 3.63) is 74.6 Å². The van der Waals surface area contributed by atoms with Gasteiger partial charge in [0.1, 0.15) is 11.5 Å². The summed E-state index contributed by atoms with van der Waals surface area (Å²) in [5.74, 6) is 0.961. The lowest BCUT2D eigenvalue weighted by Gasteiger charge is -2.20. The Bertz CT molecular complexity index is 1130. The van der Waals surface area contributed by atoms with Crippen LogP contribution in [0.25, 0.3) is 17.4 Å². The molecule has 0 spiro atoms. The van der Waals surface area contributed by atoms with Gasteiger partial charge in [-0.15, -0.1) is 0 Å². The van der Waals surface area contributed by atoms with Crippen LogP contribution in [0.15, 0.2) is 51.8 Å². The molecule has 1 amide bonds. The average molecular weight is 449 g/mol. The zero-order chi connectivity index (χ0) is 20.0. The molecule has 0 aliphatic carbocycles. The standard InChI is InChI=1S/C20H14Cl2N2O2S2/c1-11-3-4-12(2)23(11)24-19(25)18(28-20(24)27)10-14-6-8-17(26-14)15-7-5-13(21)9-16(15)22/h3-10H,1-2H3/b18-10+. The molecule has 28 heavy (non-hydrogen) atoms. The molecular formula is C20H14Cl2N2O2S2. The van der Waals surface area contributed by atoms with Crippen LogP contribution >= 0.6 is 47.2 Å². The van der Waals surface area contributed by atoms with E-state index in [4.69, 9.17) is 39.8 Å². The molecule has 1 fully saturated rings. The summed E-state index contributed by atoms with van der Waals surface area (Å²) in [4.78, 5) is 13.4. The molecular weight excluding hydrogens is 435 g/mol. The number of nitrogens with zero attached hydrogens (tertiary/aromatic N) is 2. The smallest absolute Gasteiger partial charge is 0.285 e. The highest BCUT2D eigenvalue weighted by Gasteiger charge is 2.35.